The van der Waals surface area contributed by atoms with Crippen LogP contribution in [-0.4, -0.2) is 51.0 Å². The van der Waals surface area contributed by atoms with E-state index in [0.717, 1.165) is 51.0 Å². The summed E-state index contributed by atoms with van der Waals surface area (Å²) in [5.74, 6) is 0.583. The SMILES string of the molecule is CCC(C)(CC)S(=O)(=O)N[C@H]1CC[C@H](CNc2ccc(N3C[C@@H](C)O[C@@H](C)C3)cc2)CC1. The zero-order valence-corrected chi connectivity index (χ0v) is 21.4. The number of ether oxygens (including phenoxy) is 1. The molecule has 1 aliphatic heterocycles. The topological polar surface area (TPSA) is 70.7 Å². The number of rotatable bonds is 9. The van der Waals surface area contributed by atoms with Gasteiger partial charge >= 0.3 is 0 Å². The van der Waals surface area contributed by atoms with E-state index in [1.165, 1.54) is 5.69 Å². The second kappa shape index (κ2) is 10.7. The van der Waals surface area contributed by atoms with Gasteiger partial charge in [-0.15, -0.1) is 0 Å². The van der Waals surface area contributed by atoms with Gasteiger partial charge in [-0.3, -0.25) is 0 Å². The minimum absolute atomic E-state index is 0.0752. The third-order valence-electron chi connectivity index (χ3n) is 7.56. The van der Waals surface area contributed by atoms with Crippen molar-refractivity contribution in [2.24, 2.45) is 5.92 Å². The van der Waals surface area contributed by atoms with Crippen molar-refractivity contribution in [1.29, 1.82) is 0 Å². The Hall–Kier alpha value is -1.31. The van der Waals surface area contributed by atoms with E-state index in [-0.39, 0.29) is 18.2 Å². The molecule has 1 saturated heterocycles. The van der Waals surface area contributed by atoms with Crippen LogP contribution in [0.1, 0.15) is 73.1 Å². The number of nitrogens with zero attached hydrogens (tertiary/aromatic N) is 1. The predicted octanol–water partition coefficient (Wildman–Crippen LogP) is 4.77. The molecule has 182 valence electrons. The lowest BCUT2D eigenvalue weighted by molar-refractivity contribution is -0.00521. The summed E-state index contributed by atoms with van der Waals surface area (Å²) in [7, 11) is -3.29. The molecule has 0 unspecified atom stereocenters. The summed E-state index contributed by atoms with van der Waals surface area (Å²) in [5.41, 5.74) is 2.39. The van der Waals surface area contributed by atoms with Crippen LogP contribution in [0.2, 0.25) is 0 Å². The van der Waals surface area contributed by atoms with E-state index in [1.807, 2.05) is 20.8 Å². The molecule has 0 aromatic heterocycles. The molecule has 1 heterocycles. The van der Waals surface area contributed by atoms with E-state index in [9.17, 15) is 8.42 Å². The van der Waals surface area contributed by atoms with E-state index >= 15 is 0 Å². The van der Waals surface area contributed by atoms with Crippen LogP contribution in [0, 0.1) is 5.92 Å². The third kappa shape index (κ3) is 6.17. The molecular weight excluding hydrogens is 422 g/mol. The molecule has 2 aliphatic rings. The number of hydrogen-bond acceptors (Lipinski definition) is 5. The average Bonchev–Trinajstić information content (AvgIpc) is 2.77. The van der Waals surface area contributed by atoms with Crippen LogP contribution in [0.3, 0.4) is 0 Å². The standard InChI is InChI=1S/C25H43N3O3S/c1-6-25(5,7-2)32(29,30)27-23-10-8-21(9-11-23)16-26-22-12-14-24(15-13-22)28-17-19(3)31-20(4)18-28/h12-15,19-21,23,26-27H,6-11,16-18H2,1-5H3/t19-,20+,21-,23-. The van der Waals surface area contributed by atoms with Crippen LogP contribution in [-0.2, 0) is 14.8 Å². The van der Waals surface area contributed by atoms with Crippen LogP contribution in [0.4, 0.5) is 11.4 Å². The maximum Gasteiger partial charge on any atom is 0.217 e. The first kappa shape index (κ1) is 25.3. The lowest BCUT2D eigenvalue weighted by Gasteiger charge is -2.37. The summed E-state index contributed by atoms with van der Waals surface area (Å²) in [6.45, 7) is 12.8. The Balaban J connectivity index is 1.44. The molecule has 1 saturated carbocycles. The van der Waals surface area contributed by atoms with Crippen LogP contribution < -0.4 is 14.9 Å². The molecule has 1 aromatic rings. The lowest BCUT2D eigenvalue weighted by atomic mass is 9.86. The maximum atomic E-state index is 12.8. The highest BCUT2D eigenvalue weighted by Gasteiger charge is 2.37. The van der Waals surface area contributed by atoms with Gasteiger partial charge in [-0.1, -0.05) is 13.8 Å². The number of hydrogen-bond donors (Lipinski definition) is 2. The van der Waals surface area contributed by atoms with Gasteiger partial charge in [0.1, 0.15) is 0 Å². The number of anilines is 2. The number of morpholine rings is 1. The van der Waals surface area contributed by atoms with E-state index in [2.05, 4.69) is 53.1 Å². The fraction of sp³-hybridized carbons (Fsp3) is 0.760. The molecule has 0 amide bonds. The molecule has 0 bridgehead atoms. The van der Waals surface area contributed by atoms with E-state index in [4.69, 9.17) is 4.74 Å². The number of sulfonamides is 1. The van der Waals surface area contributed by atoms with Crippen molar-refractivity contribution in [2.75, 3.05) is 29.9 Å². The summed E-state index contributed by atoms with van der Waals surface area (Å²) in [5, 5.41) is 3.59. The van der Waals surface area contributed by atoms with Gasteiger partial charge in [0.25, 0.3) is 0 Å². The Morgan fingerprint density at radius 1 is 1.00 bits per heavy atom. The summed E-state index contributed by atoms with van der Waals surface area (Å²) >= 11 is 0. The average molecular weight is 466 g/mol. The van der Waals surface area contributed by atoms with Crippen molar-refractivity contribution >= 4 is 21.4 Å². The van der Waals surface area contributed by atoms with Gasteiger partial charge in [0.05, 0.1) is 17.0 Å². The Kier molecular flexibility index (Phi) is 8.50. The van der Waals surface area contributed by atoms with Crippen molar-refractivity contribution in [3.8, 4) is 0 Å². The Morgan fingerprint density at radius 3 is 2.09 bits per heavy atom. The first-order valence-corrected chi connectivity index (χ1v) is 13.9. The minimum atomic E-state index is -3.29. The zero-order valence-electron chi connectivity index (χ0n) is 20.6. The van der Waals surface area contributed by atoms with Crippen molar-refractivity contribution in [2.45, 2.75) is 96.1 Å². The number of benzene rings is 1. The van der Waals surface area contributed by atoms with Crippen molar-refractivity contribution in [1.82, 2.24) is 4.72 Å². The second-order valence-electron chi connectivity index (χ2n) is 10.1. The molecule has 0 spiro atoms. The van der Waals surface area contributed by atoms with Gasteiger partial charge < -0.3 is 15.0 Å². The van der Waals surface area contributed by atoms with E-state index < -0.39 is 14.8 Å². The highest BCUT2D eigenvalue weighted by Crippen LogP contribution is 2.29. The van der Waals surface area contributed by atoms with Crippen molar-refractivity contribution in [3.05, 3.63) is 24.3 Å². The highest BCUT2D eigenvalue weighted by molar-refractivity contribution is 7.90. The Bertz CT molecular complexity index is 805. The molecule has 32 heavy (non-hydrogen) atoms. The summed E-state index contributed by atoms with van der Waals surface area (Å²) in [4.78, 5) is 2.40. The zero-order chi connectivity index (χ0) is 23.4. The number of nitrogens with one attached hydrogen (secondary N) is 2. The first-order valence-electron chi connectivity index (χ1n) is 12.4. The van der Waals surface area contributed by atoms with Crippen LogP contribution in [0.25, 0.3) is 0 Å². The molecule has 1 aliphatic carbocycles. The third-order valence-corrected chi connectivity index (χ3v) is 10.1. The molecule has 3 rings (SSSR count). The van der Waals surface area contributed by atoms with Gasteiger partial charge in [0.15, 0.2) is 0 Å². The van der Waals surface area contributed by atoms with Gasteiger partial charge in [0, 0.05) is 37.1 Å². The summed E-state index contributed by atoms with van der Waals surface area (Å²) < 4.78 is 33.8. The summed E-state index contributed by atoms with van der Waals surface area (Å²) in [6, 6.07) is 8.78. The maximum absolute atomic E-state index is 12.8. The highest BCUT2D eigenvalue weighted by atomic mass is 32.2. The van der Waals surface area contributed by atoms with Gasteiger partial charge in [0.2, 0.25) is 10.0 Å². The smallest absolute Gasteiger partial charge is 0.217 e. The van der Waals surface area contributed by atoms with Crippen molar-refractivity contribution < 1.29 is 13.2 Å². The molecular formula is C25H43N3O3S. The summed E-state index contributed by atoms with van der Waals surface area (Å²) in [6.07, 6.45) is 5.74. The van der Waals surface area contributed by atoms with Gasteiger partial charge in [-0.05, 0) is 89.5 Å². The van der Waals surface area contributed by atoms with Crippen LogP contribution >= 0.6 is 0 Å². The van der Waals surface area contributed by atoms with Crippen LogP contribution in [0.5, 0.6) is 0 Å². The van der Waals surface area contributed by atoms with E-state index in [0.29, 0.717) is 18.8 Å². The fourth-order valence-corrected chi connectivity index (χ4v) is 6.64. The van der Waals surface area contributed by atoms with Gasteiger partial charge in [-0.2, -0.15) is 0 Å². The molecule has 2 fully saturated rings. The Morgan fingerprint density at radius 2 is 1.56 bits per heavy atom. The fourth-order valence-electron chi connectivity index (χ4n) is 4.92. The normalized spacial score (nSPS) is 27.3. The molecule has 2 atom stereocenters. The first-order chi connectivity index (χ1) is 15.2. The van der Waals surface area contributed by atoms with Crippen LogP contribution in [0.15, 0.2) is 24.3 Å². The molecule has 1 aromatic carbocycles. The van der Waals surface area contributed by atoms with Crippen molar-refractivity contribution in [3.63, 3.8) is 0 Å². The largest absolute Gasteiger partial charge is 0.385 e. The lowest BCUT2D eigenvalue weighted by Crippen LogP contribution is -2.48. The second-order valence-corrected chi connectivity index (χ2v) is 12.3. The molecule has 2 N–H and O–H groups in total. The monoisotopic (exact) mass is 465 g/mol. The molecule has 7 heteroatoms. The Labute approximate surface area is 195 Å². The molecule has 6 nitrogen and oxygen atoms in total. The predicted molar refractivity (Wildman–Crippen MR) is 134 cm³/mol. The minimum Gasteiger partial charge on any atom is -0.385 e. The van der Waals surface area contributed by atoms with E-state index in [1.54, 1.807) is 0 Å². The quantitative estimate of drug-likeness (QED) is 0.550. The van der Waals surface area contributed by atoms with Gasteiger partial charge in [-0.25, -0.2) is 13.1 Å². The molecule has 0 radical (unpaired) electrons.